The molecule has 6 nitrogen and oxygen atoms in total. The lowest BCUT2D eigenvalue weighted by molar-refractivity contribution is 0.0950. The van der Waals surface area contributed by atoms with Gasteiger partial charge in [0.1, 0.15) is 0 Å². The first-order valence-electron chi connectivity index (χ1n) is 12.6. The summed E-state index contributed by atoms with van der Waals surface area (Å²) in [4.78, 5) is 15.6. The van der Waals surface area contributed by atoms with Crippen molar-refractivity contribution < 1.29 is 4.79 Å². The number of aryl methyl sites for hydroxylation is 2. The summed E-state index contributed by atoms with van der Waals surface area (Å²) in [7, 11) is 6.26. The third-order valence-corrected chi connectivity index (χ3v) is 7.93. The quantitative estimate of drug-likeness (QED) is 0.441. The summed E-state index contributed by atoms with van der Waals surface area (Å²) < 4.78 is 1.82. The normalized spacial score (nSPS) is 19.2. The summed E-state index contributed by atoms with van der Waals surface area (Å²) >= 11 is 6.47. The number of halogens is 1. The molecule has 1 aliphatic carbocycles. The molecule has 1 saturated carbocycles. The van der Waals surface area contributed by atoms with Crippen LogP contribution in [0.4, 0.5) is 5.69 Å². The highest BCUT2D eigenvalue weighted by Crippen LogP contribution is 2.32. The summed E-state index contributed by atoms with van der Waals surface area (Å²) in [6.45, 7) is 6.72. The standard InChI is InChI=1S/C28H38ClN5O/c1-17-7-8-21(27-25(17)16-34(6)32-27)15-30-28(35)24-13-22(29)14-26(18(24)2)31-19(3)20-9-11-23(12-10-20)33(4)5/h7-8,13-14,16,19-20,23,31H,9-12,15H2,1-6H3,(H,30,35). The van der Waals surface area contributed by atoms with Crippen LogP contribution in [-0.2, 0) is 13.6 Å². The second kappa shape index (κ2) is 10.6. The Morgan fingerprint density at radius 2 is 1.91 bits per heavy atom. The number of hydrogen-bond donors (Lipinski definition) is 2. The summed E-state index contributed by atoms with van der Waals surface area (Å²) in [5, 5.41) is 13.0. The van der Waals surface area contributed by atoms with Gasteiger partial charge in [-0.25, -0.2) is 0 Å². The van der Waals surface area contributed by atoms with Gasteiger partial charge in [0.05, 0.1) is 5.52 Å². The smallest absolute Gasteiger partial charge is 0.251 e. The molecule has 1 amide bonds. The second-order valence-corrected chi connectivity index (χ2v) is 10.8. The van der Waals surface area contributed by atoms with Crippen molar-refractivity contribution in [2.75, 3.05) is 19.4 Å². The van der Waals surface area contributed by atoms with Crippen LogP contribution in [0.5, 0.6) is 0 Å². The van der Waals surface area contributed by atoms with Crippen molar-refractivity contribution in [1.82, 2.24) is 20.0 Å². The minimum absolute atomic E-state index is 0.128. The van der Waals surface area contributed by atoms with Gasteiger partial charge in [-0.2, -0.15) is 5.10 Å². The minimum Gasteiger partial charge on any atom is -0.382 e. The molecule has 0 radical (unpaired) electrons. The fourth-order valence-corrected chi connectivity index (χ4v) is 5.59. The summed E-state index contributed by atoms with van der Waals surface area (Å²) in [6.07, 6.45) is 6.90. The molecule has 0 bridgehead atoms. The lowest BCUT2D eigenvalue weighted by atomic mass is 9.81. The van der Waals surface area contributed by atoms with E-state index >= 15 is 0 Å². The first-order valence-corrected chi connectivity index (χ1v) is 12.9. The highest BCUT2D eigenvalue weighted by atomic mass is 35.5. The molecule has 1 fully saturated rings. The minimum atomic E-state index is -0.128. The highest BCUT2D eigenvalue weighted by molar-refractivity contribution is 6.31. The maximum absolute atomic E-state index is 13.2. The monoisotopic (exact) mass is 495 g/mol. The Kier molecular flexibility index (Phi) is 7.72. The van der Waals surface area contributed by atoms with Crippen LogP contribution in [0.2, 0.25) is 5.02 Å². The number of benzene rings is 2. The number of anilines is 1. The zero-order valence-corrected chi connectivity index (χ0v) is 22.5. The van der Waals surface area contributed by atoms with Gasteiger partial charge in [-0.1, -0.05) is 23.7 Å². The van der Waals surface area contributed by atoms with Gasteiger partial charge in [-0.3, -0.25) is 9.48 Å². The molecule has 35 heavy (non-hydrogen) atoms. The van der Waals surface area contributed by atoms with E-state index in [0.29, 0.717) is 35.1 Å². The molecule has 0 spiro atoms. The number of nitrogens with one attached hydrogen (secondary N) is 2. The zero-order chi connectivity index (χ0) is 25.3. The van der Waals surface area contributed by atoms with Crippen molar-refractivity contribution in [1.29, 1.82) is 0 Å². The molecular formula is C28H38ClN5O. The third-order valence-electron chi connectivity index (χ3n) is 7.71. The maximum Gasteiger partial charge on any atom is 0.251 e. The first-order chi connectivity index (χ1) is 16.6. The Bertz CT molecular complexity index is 1210. The van der Waals surface area contributed by atoms with E-state index in [4.69, 9.17) is 11.6 Å². The van der Waals surface area contributed by atoms with Crippen LogP contribution in [0.3, 0.4) is 0 Å². The molecule has 0 saturated heterocycles. The van der Waals surface area contributed by atoms with Crippen molar-refractivity contribution in [2.24, 2.45) is 13.0 Å². The molecule has 1 heterocycles. The molecular weight excluding hydrogens is 458 g/mol. The number of nitrogens with zero attached hydrogens (tertiary/aromatic N) is 3. The zero-order valence-electron chi connectivity index (χ0n) is 21.8. The van der Waals surface area contributed by atoms with Gasteiger partial charge < -0.3 is 15.5 Å². The SMILES string of the molecule is Cc1c(NC(C)C2CCC(N(C)C)CC2)cc(Cl)cc1C(=O)NCc1ccc(C)c2cn(C)nc12. The molecule has 188 valence electrons. The van der Waals surface area contributed by atoms with Gasteiger partial charge >= 0.3 is 0 Å². The number of rotatable bonds is 7. The van der Waals surface area contributed by atoms with Crippen LogP contribution in [-0.4, -0.2) is 46.8 Å². The highest BCUT2D eigenvalue weighted by Gasteiger charge is 2.27. The number of aromatic nitrogens is 2. The van der Waals surface area contributed by atoms with Crippen molar-refractivity contribution in [2.45, 2.75) is 65.1 Å². The summed E-state index contributed by atoms with van der Waals surface area (Å²) in [5.74, 6) is 0.487. The molecule has 4 rings (SSSR count). The van der Waals surface area contributed by atoms with E-state index in [1.807, 2.05) is 37.0 Å². The van der Waals surface area contributed by atoms with Crippen molar-refractivity contribution in [3.8, 4) is 0 Å². The largest absolute Gasteiger partial charge is 0.382 e. The van der Waals surface area contributed by atoms with E-state index < -0.39 is 0 Å². The fourth-order valence-electron chi connectivity index (χ4n) is 5.37. The lowest BCUT2D eigenvalue weighted by Crippen LogP contribution is -2.36. The number of carbonyl (C=O) groups is 1. The molecule has 1 atom stereocenters. The van der Waals surface area contributed by atoms with Crippen LogP contribution >= 0.6 is 11.6 Å². The maximum atomic E-state index is 13.2. The van der Waals surface area contributed by atoms with Gasteiger partial charge in [-0.05, 0) is 95.3 Å². The molecule has 2 aromatic carbocycles. The number of fused-ring (bicyclic) bond motifs is 1. The summed E-state index contributed by atoms with van der Waals surface area (Å²) in [5.41, 5.74) is 5.57. The van der Waals surface area contributed by atoms with E-state index in [9.17, 15) is 4.79 Å². The van der Waals surface area contributed by atoms with Gasteiger partial charge in [0.2, 0.25) is 0 Å². The Hall–Kier alpha value is -2.57. The van der Waals surface area contributed by atoms with Crippen molar-refractivity contribution in [3.63, 3.8) is 0 Å². The molecule has 7 heteroatoms. The van der Waals surface area contributed by atoms with E-state index in [1.54, 1.807) is 6.07 Å². The predicted octanol–water partition coefficient (Wildman–Crippen LogP) is 5.69. The van der Waals surface area contributed by atoms with E-state index in [1.165, 1.54) is 31.2 Å². The van der Waals surface area contributed by atoms with Crippen LogP contribution in [0.25, 0.3) is 10.9 Å². The predicted molar refractivity (Wildman–Crippen MR) is 145 cm³/mol. The van der Waals surface area contributed by atoms with Gasteiger partial charge in [0.25, 0.3) is 5.91 Å². The molecule has 3 aromatic rings. The first kappa shape index (κ1) is 25.5. The molecule has 1 unspecified atom stereocenters. The second-order valence-electron chi connectivity index (χ2n) is 10.4. The van der Waals surface area contributed by atoms with E-state index in [2.05, 4.69) is 54.6 Å². The number of hydrogen-bond acceptors (Lipinski definition) is 4. The average Bonchev–Trinajstić information content (AvgIpc) is 3.23. The van der Waals surface area contributed by atoms with Crippen LogP contribution < -0.4 is 10.6 Å². The van der Waals surface area contributed by atoms with Crippen molar-refractivity contribution >= 4 is 34.1 Å². The molecule has 0 aliphatic heterocycles. The van der Waals surface area contributed by atoms with Gasteiger partial charge in [-0.15, -0.1) is 0 Å². The average molecular weight is 496 g/mol. The summed E-state index contributed by atoms with van der Waals surface area (Å²) in [6, 6.07) is 8.81. The van der Waals surface area contributed by atoms with Gasteiger partial charge in [0.15, 0.2) is 0 Å². The van der Waals surface area contributed by atoms with Crippen LogP contribution in [0, 0.1) is 19.8 Å². The number of carbonyl (C=O) groups excluding carboxylic acids is 1. The number of amides is 1. The Morgan fingerprint density at radius 1 is 1.20 bits per heavy atom. The van der Waals surface area contributed by atoms with Crippen LogP contribution in [0.15, 0.2) is 30.5 Å². The molecule has 1 aliphatic rings. The third kappa shape index (κ3) is 5.65. The van der Waals surface area contributed by atoms with Crippen molar-refractivity contribution in [3.05, 3.63) is 57.7 Å². The topological polar surface area (TPSA) is 62.2 Å². The Balaban J connectivity index is 1.46. The molecule has 1 aromatic heterocycles. The van der Waals surface area contributed by atoms with Gasteiger partial charge in [0, 0.05) is 53.5 Å². The fraction of sp³-hybridized carbons (Fsp3) is 0.500. The Labute approximate surface area is 214 Å². The molecule has 2 N–H and O–H groups in total. The van der Waals surface area contributed by atoms with E-state index in [0.717, 1.165) is 27.7 Å². The lowest BCUT2D eigenvalue weighted by Gasteiger charge is -2.36. The Morgan fingerprint density at radius 3 is 2.60 bits per heavy atom. The van der Waals surface area contributed by atoms with E-state index in [-0.39, 0.29) is 5.91 Å². The van der Waals surface area contributed by atoms with Crippen LogP contribution in [0.1, 0.15) is 59.7 Å².